The van der Waals surface area contributed by atoms with E-state index in [0.29, 0.717) is 30.0 Å². The van der Waals surface area contributed by atoms with Gasteiger partial charge in [0.1, 0.15) is 18.1 Å². The number of carbonyl (C=O) groups is 1. The third-order valence-electron chi connectivity index (χ3n) is 5.08. The minimum Gasteiger partial charge on any atom is -0.492 e. The fourth-order valence-electron chi connectivity index (χ4n) is 3.32. The van der Waals surface area contributed by atoms with Gasteiger partial charge < -0.3 is 19.5 Å². The molecule has 0 spiro atoms. The summed E-state index contributed by atoms with van der Waals surface area (Å²) in [5.74, 6) is 1.18. The van der Waals surface area contributed by atoms with Crippen molar-refractivity contribution in [2.24, 2.45) is 0 Å². The van der Waals surface area contributed by atoms with Crippen LogP contribution in [0.25, 0.3) is 0 Å². The Bertz CT molecular complexity index is 811. The van der Waals surface area contributed by atoms with Crippen molar-refractivity contribution in [1.82, 2.24) is 10.2 Å². The number of nitrogens with zero attached hydrogens (tertiary/aromatic N) is 1. The highest BCUT2D eigenvalue weighted by atomic mass is 35.5. The van der Waals surface area contributed by atoms with Gasteiger partial charge in [0.2, 0.25) is 0 Å². The van der Waals surface area contributed by atoms with Gasteiger partial charge in [-0.2, -0.15) is 0 Å². The van der Waals surface area contributed by atoms with Crippen molar-refractivity contribution in [1.29, 1.82) is 0 Å². The summed E-state index contributed by atoms with van der Waals surface area (Å²) >= 11 is 5.91. The standard InChI is InChI=1S/C23H29ClN2O4/c1-26(20-8-11-28-12-9-20)10-13-29-21-6-2-4-18(14-21)16-25-23(27)17-30-22-7-3-5-19(24)15-22/h2-7,14-15,20H,8-13,16-17H2,1H3,(H,25,27). The molecule has 2 aromatic carbocycles. The molecule has 2 aromatic rings. The SMILES string of the molecule is CN(CCOc1cccc(CNC(=O)COc2cccc(Cl)c2)c1)C1CCOCC1. The molecule has 1 saturated heterocycles. The van der Waals surface area contributed by atoms with Crippen molar-refractivity contribution in [3.63, 3.8) is 0 Å². The van der Waals surface area contributed by atoms with Gasteiger partial charge in [0.05, 0.1) is 0 Å². The first-order chi connectivity index (χ1) is 14.6. The zero-order valence-corrected chi connectivity index (χ0v) is 18.1. The average molecular weight is 433 g/mol. The number of hydrogen-bond donors (Lipinski definition) is 1. The Labute approximate surface area is 183 Å². The predicted octanol–water partition coefficient (Wildman–Crippen LogP) is 3.52. The summed E-state index contributed by atoms with van der Waals surface area (Å²) in [5, 5.41) is 3.43. The maximum absolute atomic E-state index is 12.0. The molecule has 0 atom stereocenters. The van der Waals surface area contributed by atoms with Gasteiger partial charge in [-0.3, -0.25) is 9.69 Å². The van der Waals surface area contributed by atoms with E-state index in [1.54, 1.807) is 24.3 Å². The number of carbonyl (C=O) groups excluding carboxylic acids is 1. The molecule has 162 valence electrons. The Morgan fingerprint density at radius 1 is 1.13 bits per heavy atom. The number of nitrogens with one attached hydrogen (secondary N) is 1. The monoisotopic (exact) mass is 432 g/mol. The van der Waals surface area contributed by atoms with Gasteiger partial charge in [-0.25, -0.2) is 0 Å². The van der Waals surface area contributed by atoms with Crippen molar-refractivity contribution >= 4 is 17.5 Å². The number of likely N-dealkylation sites (N-methyl/N-ethyl adjacent to an activating group) is 1. The second-order valence-corrected chi connectivity index (χ2v) is 7.78. The number of amides is 1. The predicted molar refractivity (Wildman–Crippen MR) is 117 cm³/mol. The van der Waals surface area contributed by atoms with Gasteiger partial charge in [-0.05, 0) is 55.8 Å². The molecule has 1 aliphatic rings. The summed E-state index contributed by atoms with van der Waals surface area (Å²) < 4.78 is 16.8. The topological polar surface area (TPSA) is 60.0 Å². The van der Waals surface area contributed by atoms with Crippen LogP contribution in [0.2, 0.25) is 5.02 Å². The second-order valence-electron chi connectivity index (χ2n) is 7.34. The van der Waals surface area contributed by atoms with Gasteiger partial charge in [0, 0.05) is 37.4 Å². The van der Waals surface area contributed by atoms with Gasteiger partial charge in [0.25, 0.3) is 5.91 Å². The fourth-order valence-corrected chi connectivity index (χ4v) is 3.50. The summed E-state index contributed by atoms with van der Waals surface area (Å²) in [6.45, 7) is 3.52. The number of ether oxygens (including phenoxy) is 3. The van der Waals surface area contributed by atoms with E-state index < -0.39 is 0 Å². The lowest BCUT2D eigenvalue weighted by atomic mass is 10.1. The molecule has 0 saturated carbocycles. The van der Waals surface area contributed by atoms with E-state index in [2.05, 4.69) is 17.3 Å². The van der Waals surface area contributed by atoms with E-state index in [1.807, 2.05) is 24.3 Å². The Morgan fingerprint density at radius 3 is 2.63 bits per heavy atom. The molecular formula is C23H29ClN2O4. The third-order valence-corrected chi connectivity index (χ3v) is 5.32. The summed E-state index contributed by atoms with van der Waals surface area (Å²) in [4.78, 5) is 14.4. The van der Waals surface area contributed by atoms with Crippen molar-refractivity contribution < 1.29 is 19.0 Å². The van der Waals surface area contributed by atoms with Gasteiger partial charge in [0.15, 0.2) is 6.61 Å². The molecule has 1 heterocycles. The Morgan fingerprint density at radius 2 is 1.87 bits per heavy atom. The quantitative estimate of drug-likeness (QED) is 0.622. The minimum atomic E-state index is -0.195. The average Bonchev–Trinajstić information content (AvgIpc) is 2.77. The molecule has 0 radical (unpaired) electrons. The van der Waals surface area contributed by atoms with E-state index in [0.717, 1.165) is 43.9 Å². The zero-order valence-electron chi connectivity index (χ0n) is 17.3. The summed E-state index contributed by atoms with van der Waals surface area (Å²) in [6.07, 6.45) is 2.15. The maximum atomic E-state index is 12.0. The first-order valence-corrected chi connectivity index (χ1v) is 10.6. The molecule has 3 rings (SSSR count). The zero-order chi connectivity index (χ0) is 21.2. The van der Waals surface area contributed by atoms with E-state index >= 15 is 0 Å². The molecule has 6 nitrogen and oxygen atoms in total. The van der Waals surface area contributed by atoms with Crippen LogP contribution < -0.4 is 14.8 Å². The minimum absolute atomic E-state index is 0.0604. The summed E-state index contributed by atoms with van der Waals surface area (Å²) in [7, 11) is 2.14. The molecule has 0 aromatic heterocycles. The van der Waals surface area contributed by atoms with Crippen molar-refractivity contribution in [2.75, 3.05) is 40.0 Å². The van der Waals surface area contributed by atoms with Gasteiger partial charge in [-0.1, -0.05) is 29.8 Å². The lowest BCUT2D eigenvalue weighted by Crippen LogP contribution is -2.38. The summed E-state index contributed by atoms with van der Waals surface area (Å²) in [5.41, 5.74) is 0.974. The number of benzene rings is 2. The van der Waals surface area contributed by atoms with Crippen LogP contribution in [0.15, 0.2) is 48.5 Å². The van der Waals surface area contributed by atoms with Crippen molar-refractivity contribution in [3.05, 3.63) is 59.1 Å². The molecule has 30 heavy (non-hydrogen) atoms. The number of halogens is 1. The number of hydrogen-bond acceptors (Lipinski definition) is 5. The molecule has 0 bridgehead atoms. The summed E-state index contributed by atoms with van der Waals surface area (Å²) in [6, 6.07) is 15.3. The van der Waals surface area contributed by atoms with Crippen LogP contribution in [-0.4, -0.2) is 56.9 Å². The second kappa shape index (κ2) is 11.8. The highest BCUT2D eigenvalue weighted by Gasteiger charge is 2.18. The fraction of sp³-hybridized carbons (Fsp3) is 0.435. The lowest BCUT2D eigenvalue weighted by Gasteiger charge is -2.31. The van der Waals surface area contributed by atoms with Gasteiger partial charge >= 0.3 is 0 Å². The maximum Gasteiger partial charge on any atom is 0.258 e. The van der Waals surface area contributed by atoms with Crippen LogP contribution in [0.4, 0.5) is 0 Å². The molecule has 0 unspecified atom stereocenters. The molecule has 1 aliphatic heterocycles. The lowest BCUT2D eigenvalue weighted by molar-refractivity contribution is -0.123. The molecule has 1 N–H and O–H groups in total. The van der Waals surface area contributed by atoms with Crippen LogP contribution in [0.3, 0.4) is 0 Å². The highest BCUT2D eigenvalue weighted by molar-refractivity contribution is 6.30. The van der Waals surface area contributed by atoms with Crippen LogP contribution in [0, 0.1) is 0 Å². The van der Waals surface area contributed by atoms with Crippen LogP contribution in [-0.2, 0) is 16.1 Å². The Hall–Kier alpha value is -2.28. The van der Waals surface area contributed by atoms with E-state index in [1.165, 1.54) is 0 Å². The van der Waals surface area contributed by atoms with Crippen LogP contribution >= 0.6 is 11.6 Å². The Balaban J connectivity index is 1.37. The van der Waals surface area contributed by atoms with E-state index in [-0.39, 0.29) is 12.5 Å². The largest absolute Gasteiger partial charge is 0.492 e. The van der Waals surface area contributed by atoms with Gasteiger partial charge in [-0.15, -0.1) is 0 Å². The molecule has 1 amide bonds. The van der Waals surface area contributed by atoms with E-state index in [4.69, 9.17) is 25.8 Å². The smallest absolute Gasteiger partial charge is 0.258 e. The Kier molecular flexibility index (Phi) is 8.81. The van der Waals surface area contributed by atoms with Crippen LogP contribution in [0.1, 0.15) is 18.4 Å². The van der Waals surface area contributed by atoms with Crippen molar-refractivity contribution in [2.45, 2.75) is 25.4 Å². The molecule has 0 aliphatic carbocycles. The molecular weight excluding hydrogens is 404 g/mol. The highest BCUT2D eigenvalue weighted by Crippen LogP contribution is 2.17. The van der Waals surface area contributed by atoms with E-state index in [9.17, 15) is 4.79 Å². The van der Waals surface area contributed by atoms with Crippen molar-refractivity contribution in [3.8, 4) is 11.5 Å². The van der Waals surface area contributed by atoms with Crippen LogP contribution in [0.5, 0.6) is 11.5 Å². The molecule has 7 heteroatoms. The first kappa shape index (κ1) is 22.4. The first-order valence-electron chi connectivity index (χ1n) is 10.2. The third kappa shape index (κ3) is 7.52. The number of rotatable bonds is 10. The normalized spacial score (nSPS) is 14.5. The molecule has 1 fully saturated rings.